The Morgan fingerprint density at radius 1 is 1.10 bits per heavy atom. The van der Waals surface area contributed by atoms with Gasteiger partial charge in [0.05, 0.1) is 0 Å². The fourth-order valence-corrected chi connectivity index (χ4v) is 2.55. The Morgan fingerprint density at radius 2 is 1.90 bits per heavy atom. The van der Waals surface area contributed by atoms with Gasteiger partial charge in [-0.05, 0) is 18.9 Å². The van der Waals surface area contributed by atoms with E-state index in [1.165, 1.54) is 5.56 Å². The van der Waals surface area contributed by atoms with Crippen LogP contribution in [0.4, 0.5) is 0 Å². The van der Waals surface area contributed by atoms with Gasteiger partial charge in [0.15, 0.2) is 0 Å². The van der Waals surface area contributed by atoms with Gasteiger partial charge < -0.3 is 4.90 Å². The van der Waals surface area contributed by atoms with Gasteiger partial charge in [0.25, 0.3) is 0 Å². The molecule has 21 heavy (non-hydrogen) atoms. The van der Waals surface area contributed by atoms with Crippen molar-refractivity contribution in [2.45, 2.75) is 19.9 Å². The summed E-state index contributed by atoms with van der Waals surface area (Å²) in [4.78, 5) is 16.5. The van der Waals surface area contributed by atoms with E-state index in [2.05, 4.69) is 29.2 Å². The van der Waals surface area contributed by atoms with E-state index in [0.717, 1.165) is 39.1 Å². The van der Waals surface area contributed by atoms with Gasteiger partial charge in [0, 0.05) is 38.8 Å². The smallest absolute Gasteiger partial charge is 0.246 e. The Bertz CT molecular complexity index is 493. The molecule has 0 atom stereocenters. The monoisotopic (exact) mass is 284 g/mol. The van der Waals surface area contributed by atoms with Crippen LogP contribution in [0.15, 0.2) is 54.6 Å². The topological polar surface area (TPSA) is 23.6 Å². The van der Waals surface area contributed by atoms with Crippen molar-refractivity contribution in [3.8, 4) is 0 Å². The molecule has 0 aromatic heterocycles. The zero-order valence-corrected chi connectivity index (χ0v) is 12.7. The summed E-state index contributed by atoms with van der Waals surface area (Å²) in [6, 6.07) is 10.5. The fourth-order valence-electron chi connectivity index (χ4n) is 2.55. The van der Waals surface area contributed by atoms with Gasteiger partial charge in [-0.25, -0.2) is 0 Å². The van der Waals surface area contributed by atoms with Crippen molar-refractivity contribution in [2.75, 3.05) is 26.2 Å². The summed E-state index contributed by atoms with van der Waals surface area (Å²) in [5.41, 5.74) is 1.34. The lowest BCUT2D eigenvalue weighted by Gasteiger charge is -2.21. The summed E-state index contributed by atoms with van der Waals surface area (Å²) in [6.45, 7) is 6.57. The first-order valence-corrected chi connectivity index (χ1v) is 7.64. The van der Waals surface area contributed by atoms with E-state index in [0.29, 0.717) is 0 Å². The van der Waals surface area contributed by atoms with Gasteiger partial charge in [0.2, 0.25) is 5.91 Å². The highest BCUT2D eigenvalue weighted by atomic mass is 16.2. The van der Waals surface area contributed by atoms with Crippen molar-refractivity contribution >= 4 is 5.91 Å². The molecule has 3 heteroatoms. The minimum atomic E-state index is 0.120. The predicted octanol–water partition coefficient (Wildman–Crippen LogP) is 2.85. The van der Waals surface area contributed by atoms with Gasteiger partial charge in [-0.1, -0.05) is 48.6 Å². The highest BCUT2D eigenvalue weighted by molar-refractivity contribution is 5.87. The van der Waals surface area contributed by atoms with Crippen LogP contribution < -0.4 is 0 Å². The maximum absolute atomic E-state index is 12.1. The molecule has 0 unspecified atom stereocenters. The van der Waals surface area contributed by atoms with E-state index in [-0.39, 0.29) is 5.91 Å². The first kappa shape index (κ1) is 15.5. The third-order valence-electron chi connectivity index (χ3n) is 3.69. The zero-order valence-electron chi connectivity index (χ0n) is 12.7. The van der Waals surface area contributed by atoms with Crippen molar-refractivity contribution < 1.29 is 4.79 Å². The molecule has 0 radical (unpaired) electrons. The molecule has 2 rings (SSSR count). The van der Waals surface area contributed by atoms with Crippen molar-refractivity contribution in [1.29, 1.82) is 0 Å². The Kier molecular flexibility index (Phi) is 6.22. The molecule has 1 aromatic carbocycles. The largest absolute Gasteiger partial charge is 0.338 e. The molecular formula is C18H24N2O. The van der Waals surface area contributed by atoms with Crippen molar-refractivity contribution in [3.05, 3.63) is 60.2 Å². The van der Waals surface area contributed by atoms with Crippen LogP contribution in [0.25, 0.3) is 0 Å². The molecule has 1 fully saturated rings. The normalized spacial score (nSPS) is 17.5. The molecule has 1 aliphatic rings. The summed E-state index contributed by atoms with van der Waals surface area (Å²) in [5, 5.41) is 0. The van der Waals surface area contributed by atoms with Gasteiger partial charge in [-0.15, -0.1) is 0 Å². The molecule has 3 nitrogen and oxygen atoms in total. The number of hydrogen-bond acceptors (Lipinski definition) is 2. The van der Waals surface area contributed by atoms with Crippen LogP contribution in [0.1, 0.15) is 18.9 Å². The zero-order chi connectivity index (χ0) is 14.9. The Labute approximate surface area is 127 Å². The molecule has 0 bridgehead atoms. The first-order chi connectivity index (χ1) is 10.3. The quantitative estimate of drug-likeness (QED) is 0.627. The molecule has 1 heterocycles. The van der Waals surface area contributed by atoms with Crippen LogP contribution in [0.2, 0.25) is 0 Å². The molecule has 1 amide bonds. The van der Waals surface area contributed by atoms with Crippen LogP contribution >= 0.6 is 0 Å². The molecule has 0 spiro atoms. The highest BCUT2D eigenvalue weighted by Gasteiger charge is 2.17. The Balaban J connectivity index is 1.85. The van der Waals surface area contributed by atoms with E-state index < -0.39 is 0 Å². The van der Waals surface area contributed by atoms with Crippen LogP contribution in [-0.4, -0.2) is 41.9 Å². The van der Waals surface area contributed by atoms with Gasteiger partial charge in [-0.3, -0.25) is 9.69 Å². The average Bonchev–Trinajstić information content (AvgIpc) is 2.74. The number of hydrogen-bond donors (Lipinski definition) is 0. The number of carbonyl (C=O) groups excluding carboxylic acids is 1. The van der Waals surface area contributed by atoms with Gasteiger partial charge in [-0.2, -0.15) is 0 Å². The molecule has 1 saturated heterocycles. The first-order valence-electron chi connectivity index (χ1n) is 7.64. The van der Waals surface area contributed by atoms with Crippen molar-refractivity contribution in [3.63, 3.8) is 0 Å². The molecule has 0 aliphatic carbocycles. The average molecular weight is 284 g/mol. The number of nitrogens with zero attached hydrogens (tertiary/aromatic N) is 2. The maximum atomic E-state index is 12.1. The summed E-state index contributed by atoms with van der Waals surface area (Å²) >= 11 is 0. The number of rotatable bonds is 4. The number of carbonyl (C=O) groups is 1. The second kappa shape index (κ2) is 8.42. The van der Waals surface area contributed by atoms with Crippen LogP contribution in [-0.2, 0) is 11.3 Å². The molecule has 112 valence electrons. The number of amides is 1. The SMILES string of the molecule is C/C=C/C=C/C(=O)N1CCCN(Cc2ccccc2)CC1. The second-order valence-corrected chi connectivity index (χ2v) is 5.33. The summed E-state index contributed by atoms with van der Waals surface area (Å²) in [6.07, 6.45) is 8.32. The molecular weight excluding hydrogens is 260 g/mol. The maximum Gasteiger partial charge on any atom is 0.246 e. The minimum Gasteiger partial charge on any atom is -0.338 e. The van der Waals surface area contributed by atoms with Gasteiger partial charge >= 0.3 is 0 Å². The van der Waals surface area contributed by atoms with Crippen LogP contribution in [0.5, 0.6) is 0 Å². The lowest BCUT2D eigenvalue weighted by molar-refractivity contribution is -0.125. The van der Waals surface area contributed by atoms with Crippen molar-refractivity contribution in [1.82, 2.24) is 9.80 Å². The van der Waals surface area contributed by atoms with E-state index in [1.54, 1.807) is 6.08 Å². The third-order valence-corrected chi connectivity index (χ3v) is 3.69. The number of benzene rings is 1. The molecule has 0 N–H and O–H groups in total. The summed E-state index contributed by atoms with van der Waals surface area (Å²) in [7, 11) is 0. The summed E-state index contributed by atoms with van der Waals surface area (Å²) < 4.78 is 0. The van der Waals surface area contributed by atoms with E-state index >= 15 is 0 Å². The minimum absolute atomic E-state index is 0.120. The molecule has 1 aliphatic heterocycles. The highest BCUT2D eigenvalue weighted by Crippen LogP contribution is 2.09. The van der Waals surface area contributed by atoms with E-state index in [1.807, 2.05) is 36.1 Å². The standard InChI is InChI=1S/C18H24N2O/c1-2-3-5-11-18(21)20-13-8-12-19(14-15-20)16-17-9-6-4-7-10-17/h2-7,9-11H,8,12-16H2,1H3/b3-2+,11-5+. The predicted molar refractivity (Wildman–Crippen MR) is 86.9 cm³/mol. The van der Waals surface area contributed by atoms with Crippen LogP contribution in [0, 0.1) is 0 Å². The van der Waals surface area contributed by atoms with Gasteiger partial charge in [0.1, 0.15) is 0 Å². The number of allylic oxidation sites excluding steroid dienone is 3. The Morgan fingerprint density at radius 3 is 2.67 bits per heavy atom. The second-order valence-electron chi connectivity index (χ2n) is 5.33. The fraction of sp³-hybridized carbons (Fsp3) is 0.389. The lowest BCUT2D eigenvalue weighted by atomic mass is 10.2. The molecule has 1 aromatic rings. The van der Waals surface area contributed by atoms with Crippen LogP contribution in [0.3, 0.4) is 0 Å². The third kappa shape index (κ3) is 5.20. The molecule has 0 saturated carbocycles. The van der Waals surface area contributed by atoms with Crippen molar-refractivity contribution in [2.24, 2.45) is 0 Å². The summed E-state index contributed by atoms with van der Waals surface area (Å²) in [5.74, 6) is 0.120. The lowest BCUT2D eigenvalue weighted by Crippen LogP contribution is -2.34. The van der Waals surface area contributed by atoms with E-state index in [9.17, 15) is 4.79 Å². The Hall–Kier alpha value is -1.87. The van der Waals surface area contributed by atoms with E-state index in [4.69, 9.17) is 0 Å².